The summed E-state index contributed by atoms with van der Waals surface area (Å²) < 4.78 is 10.5. The molecule has 1 atom stereocenters. The molecule has 2 rings (SSSR count). The Labute approximate surface area is 152 Å². The highest BCUT2D eigenvalue weighted by Gasteiger charge is 2.27. The highest BCUT2D eigenvalue weighted by Crippen LogP contribution is 2.23. The maximum absolute atomic E-state index is 11.8. The van der Waals surface area contributed by atoms with Gasteiger partial charge >= 0.3 is 17.9 Å². The second-order valence-electron chi connectivity index (χ2n) is 5.75. The van der Waals surface area contributed by atoms with Crippen molar-refractivity contribution in [2.75, 3.05) is 26.8 Å². The highest BCUT2D eigenvalue weighted by molar-refractivity contribution is 6.27. The molecule has 1 saturated heterocycles. The first-order chi connectivity index (χ1) is 12.4. The first kappa shape index (κ1) is 21.4. The molecule has 1 unspecified atom stereocenters. The number of hydrogen-bond acceptors (Lipinski definition) is 6. The number of ether oxygens (including phenoxy) is 2. The van der Waals surface area contributed by atoms with Gasteiger partial charge in [-0.3, -0.25) is 9.69 Å². The number of methoxy groups -OCH3 is 1. The van der Waals surface area contributed by atoms with Crippen LogP contribution in [-0.4, -0.2) is 59.8 Å². The van der Waals surface area contributed by atoms with Gasteiger partial charge in [-0.1, -0.05) is 18.2 Å². The van der Waals surface area contributed by atoms with E-state index in [1.54, 1.807) is 7.11 Å². The Morgan fingerprint density at radius 2 is 1.85 bits per heavy atom. The molecule has 8 nitrogen and oxygen atoms in total. The third-order valence-corrected chi connectivity index (χ3v) is 3.89. The van der Waals surface area contributed by atoms with Gasteiger partial charge in [0.05, 0.1) is 19.6 Å². The lowest BCUT2D eigenvalue weighted by atomic mass is 9.97. The summed E-state index contributed by atoms with van der Waals surface area (Å²) in [6, 6.07) is 8.04. The fourth-order valence-electron chi connectivity index (χ4n) is 2.73. The smallest absolute Gasteiger partial charge is 0.414 e. The molecule has 0 saturated carbocycles. The lowest BCUT2D eigenvalue weighted by Gasteiger charge is -2.31. The van der Waals surface area contributed by atoms with Gasteiger partial charge in [-0.05, 0) is 32.4 Å². The van der Waals surface area contributed by atoms with Gasteiger partial charge in [-0.25, -0.2) is 9.59 Å². The number of carbonyl (C=O) groups is 3. The summed E-state index contributed by atoms with van der Waals surface area (Å²) >= 11 is 0. The second-order valence-corrected chi connectivity index (χ2v) is 5.75. The average molecular weight is 367 g/mol. The average Bonchev–Trinajstić information content (AvgIpc) is 2.63. The quantitative estimate of drug-likeness (QED) is 0.596. The Hall–Kier alpha value is -2.61. The Bertz CT molecular complexity index is 605. The monoisotopic (exact) mass is 367 g/mol. The molecular formula is C18H25NO7. The standard InChI is InChI=1S/C16H23NO3.C2H2O4/c1-3-20-16(18)14-8-6-10-17(12-14)11-13-7-4-5-9-15(13)19-2;3-1(4)2(5)6/h4-5,7,9,14H,3,6,8,10-12H2,1-2H3;(H,3,4)(H,5,6). The number of nitrogens with zero attached hydrogens (tertiary/aromatic N) is 1. The first-order valence-corrected chi connectivity index (χ1v) is 8.36. The van der Waals surface area contributed by atoms with Gasteiger partial charge in [0.1, 0.15) is 5.75 Å². The fourth-order valence-corrected chi connectivity index (χ4v) is 2.73. The molecule has 0 bridgehead atoms. The second kappa shape index (κ2) is 11.1. The number of benzene rings is 1. The number of carboxylic acid groups (broad SMARTS) is 2. The lowest BCUT2D eigenvalue weighted by molar-refractivity contribution is -0.159. The van der Waals surface area contributed by atoms with Crippen LogP contribution in [0.2, 0.25) is 0 Å². The van der Waals surface area contributed by atoms with E-state index in [4.69, 9.17) is 29.3 Å². The van der Waals surface area contributed by atoms with Crippen molar-refractivity contribution in [3.05, 3.63) is 29.8 Å². The Morgan fingerprint density at radius 1 is 1.19 bits per heavy atom. The van der Waals surface area contributed by atoms with Gasteiger partial charge in [0, 0.05) is 18.7 Å². The minimum atomic E-state index is -1.82. The number of hydrogen-bond donors (Lipinski definition) is 2. The van der Waals surface area contributed by atoms with Gasteiger partial charge in [-0.2, -0.15) is 0 Å². The molecule has 1 aliphatic heterocycles. The van der Waals surface area contributed by atoms with E-state index in [1.807, 2.05) is 25.1 Å². The summed E-state index contributed by atoms with van der Waals surface area (Å²) in [5.41, 5.74) is 1.17. The van der Waals surface area contributed by atoms with Gasteiger partial charge in [0.25, 0.3) is 0 Å². The van der Waals surface area contributed by atoms with Gasteiger partial charge < -0.3 is 19.7 Å². The molecule has 8 heteroatoms. The minimum absolute atomic E-state index is 0.0124. The largest absolute Gasteiger partial charge is 0.496 e. The summed E-state index contributed by atoms with van der Waals surface area (Å²) in [6.07, 6.45) is 1.97. The van der Waals surface area contributed by atoms with Crippen molar-refractivity contribution in [2.24, 2.45) is 5.92 Å². The molecule has 0 amide bonds. The van der Waals surface area contributed by atoms with E-state index in [0.29, 0.717) is 6.61 Å². The number of carboxylic acids is 2. The predicted octanol–water partition coefficient (Wildman–Crippen LogP) is 1.63. The number of rotatable bonds is 5. The predicted molar refractivity (Wildman–Crippen MR) is 92.9 cm³/mol. The first-order valence-electron chi connectivity index (χ1n) is 8.36. The maximum atomic E-state index is 11.8. The van der Waals surface area contributed by atoms with Crippen LogP contribution in [0.1, 0.15) is 25.3 Å². The van der Waals surface area contributed by atoms with Crippen LogP contribution in [0.15, 0.2) is 24.3 Å². The van der Waals surface area contributed by atoms with Crippen LogP contribution in [0, 0.1) is 5.92 Å². The fraction of sp³-hybridized carbons (Fsp3) is 0.500. The molecule has 0 aromatic heterocycles. The van der Waals surface area contributed by atoms with E-state index in [2.05, 4.69) is 11.0 Å². The van der Waals surface area contributed by atoms with Crippen LogP contribution in [0.4, 0.5) is 0 Å². The number of likely N-dealkylation sites (tertiary alicyclic amines) is 1. The minimum Gasteiger partial charge on any atom is -0.496 e. The summed E-state index contributed by atoms with van der Waals surface area (Å²) in [5.74, 6) is -2.79. The van der Waals surface area contributed by atoms with Crippen molar-refractivity contribution in [1.82, 2.24) is 4.90 Å². The molecule has 1 aliphatic rings. The Balaban J connectivity index is 0.000000487. The van der Waals surface area contributed by atoms with E-state index >= 15 is 0 Å². The Kier molecular flexibility index (Phi) is 9.14. The molecule has 26 heavy (non-hydrogen) atoms. The molecule has 1 heterocycles. The van der Waals surface area contributed by atoms with Crippen molar-refractivity contribution < 1.29 is 34.1 Å². The van der Waals surface area contributed by atoms with E-state index < -0.39 is 11.9 Å². The number of aliphatic carboxylic acids is 2. The summed E-state index contributed by atoms with van der Waals surface area (Å²) in [4.78, 5) is 32.4. The van der Waals surface area contributed by atoms with Gasteiger partial charge in [0.2, 0.25) is 0 Å². The molecule has 2 N–H and O–H groups in total. The summed E-state index contributed by atoms with van der Waals surface area (Å²) in [5, 5.41) is 14.8. The van der Waals surface area contributed by atoms with Crippen LogP contribution in [-0.2, 0) is 25.7 Å². The molecule has 0 spiro atoms. The van der Waals surface area contributed by atoms with Crippen molar-refractivity contribution in [3.8, 4) is 5.75 Å². The molecule has 144 valence electrons. The zero-order valence-corrected chi connectivity index (χ0v) is 15.0. The van der Waals surface area contributed by atoms with E-state index in [9.17, 15) is 4.79 Å². The third kappa shape index (κ3) is 7.10. The van der Waals surface area contributed by atoms with Crippen LogP contribution in [0.25, 0.3) is 0 Å². The van der Waals surface area contributed by atoms with Crippen molar-refractivity contribution >= 4 is 17.9 Å². The molecule has 1 fully saturated rings. The number of esters is 1. The normalized spacial score (nSPS) is 16.8. The molecule has 1 aromatic carbocycles. The SMILES string of the molecule is CCOC(=O)C1CCCN(Cc2ccccc2OC)C1.O=C(O)C(=O)O. The number of para-hydroxylation sites is 1. The lowest BCUT2D eigenvalue weighted by Crippen LogP contribution is -2.39. The Morgan fingerprint density at radius 3 is 2.42 bits per heavy atom. The topological polar surface area (TPSA) is 113 Å². The highest BCUT2D eigenvalue weighted by atomic mass is 16.5. The zero-order valence-electron chi connectivity index (χ0n) is 15.0. The third-order valence-electron chi connectivity index (χ3n) is 3.89. The van der Waals surface area contributed by atoms with E-state index in [-0.39, 0.29) is 11.9 Å². The molecule has 1 aromatic rings. The maximum Gasteiger partial charge on any atom is 0.414 e. The van der Waals surface area contributed by atoms with Crippen molar-refractivity contribution in [1.29, 1.82) is 0 Å². The van der Waals surface area contributed by atoms with Crippen LogP contribution in [0.5, 0.6) is 5.75 Å². The zero-order chi connectivity index (χ0) is 19.5. The van der Waals surface area contributed by atoms with Crippen LogP contribution >= 0.6 is 0 Å². The molecular weight excluding hydrogens is 342 g/mol. The van der Waals surface area contributed by atoms with Gasteiger partial charge in [0.15, 0.2) is 0 Å². The number of piperidine rings is 1. The molecule has 0 radical (unpaired) electrons. The summed E-state index contributed by atoms with van der Waals surface area (Å²) in [7, 11) is 1.69. The van der Waals surface area contributed by atoms with Crippen molar-refractivity contribution in [2.45, 2.75) is 26.3 Å². The molecule has 0 aliphatic carbocycles. The summed E-state index contributed by atoms with van der Waals surface area (Å²) in [6.45, 7) is 4.93. The van der Waals surface area contributed by atoms with E-state index in [0.717, 1.165) is 38.2 Å². The van der Waals surface area contributed by atoms with Crippen LogP contribution in [0.3, 0.4) is 0 Å². The van der Waals surface area contributed by atoms with Crippen molar-refractivity contribution in [3.63, 3.8) is 0 Å². The van der Waals surface area contributed by atoms with Gasteiger partial charge in [-0.15, -0.1) is 0 Å². The van der Waals surface area contributed by atoms with Crippen LogP contribution < -0.4 is 4.74 Å². The number of carbonyl (C=O) groups excluding carboxylic acids is 1. The van der Waals surface area contributed by atoms with E-state index in [1.165, 1.54) is 5.56 Å².